The van der Waals surface area contributed by atoms with Gasteiger partial charge in [-0.05, 0) is 48.4 Å². The molecule has 1 aromatic heterocycles. The first-order valence-electron chi connectivity index (χ1n) is 7.99. The van der Waals surface area contributed by atoms with Crippen LogP contribution in [0.4, 0.5) is 0 Å². The fourth-order valence-electron chi connectivity index (χ4n) is 2.24. The summed E-state index contributed by atoms with van der Waals surface area (Å²) in [6.07, 6.45) is 6.89. The lowest BCUT2D eigenvalue weighted by Gasteiger charge is -2.10. The molecule has 134 valence electrons. The molecule has 0 aliphatic rings. The first-order valence-corrected chi connectivity index (χ1v) is 7.99. The molecule has 0 bridgehead atoms. The number of amides is 1. The fourth-order valence-corrected chi connectivity index (χ4v) is 2.24. The fraction of sp³-hybridized carbons (Fsp3) is 0.200. The van der Waals surface area contributed by atoms with Gasteiger partial charge in [0.15, 0.2) is 11.5 Å². The molecule has 6 nitrogen and oxygen atoms in total. The van der Waals surface area contributed by atoms with Crippen molar-refractivity contribution in [2.45, 2.75) is 6.42 Å². The average Bonchev–Trinajstić information content (AvgIpc) is 3.18. The highest BCUT2D eigenvalue weighted by molar-refractivity contribution is 5.97. The molecule has 0 aliphatic carbocycles. The van der Waals surface area contributed by atoms with Crippen LogP contribution < -0.4 is 14.8 Å². The van der Waals surface area contributed by atoms with Crippen LogP contribution in [-0.4, -0.2) is 26.7 Å². The molecule has 0 saturated heterocycles. The van der Waals surface area contributed by atoms with Crippen molar-refractivity contribution in [3.8, 4) is 17.6 Å². The van der Waals surface area contributed by atoms with E-state index in [4.69, 9.17) is 19.2 Å². The highest BCUT2D eigenvalue weighted by atomic mass is 16.5. The molecule has 26 heavy (non-hydrogen) atoms. The number of methoxy groups -OCH3 is 2. The van der Waals surface area contributed by atoms with E-state index in [-0.39, 0.29) is 5.57 Å². The third kappa shape index (κ3) is 5.28. The number of carbonyl (C=O) groups excluding carboxylic acids is 1. The zero-order chi connectivity index (χ0) is 18.8. The highest BCUT2D eigenvalue weighted by Crippen LogP contribution is 2.27. The standard InChI is InChI=1S/C20H20N2O4/c1-24-18-9-8-15(13-19(18)25-2)10-11-22-20(23)16(14-21)5-3-6-17-7-4-12-26-17/h3-9,12-13H,10-11H2,1-2H3,(H,22,23)/b6-3-,16-5+. The second-order valence-corrected chi connectivity index (χ2v) is 5.26. The Morgan fingerprint density at radius 1 is 1.27 bits per heavy atom. The summed E-state index contributed by atoms with van der Waals surface area (Å²) in [6, 6.07) is 11.0. The summed E-state index contributed by atoms with van der Waals surface area (Å²) in [5.74, 6) is 1.51. The Bertz CT molecular complexity index is 830. The van der Waals surface area contributed by atoms with E-state index in [1.807, 2.05) is 24.3 Å². The minimum Gasteiger partial charge on any atom is -0.493 e. The maximum Gasteiger partial charge on any atom is 0.261 e. The summed E-state index contributed by atoms with van der Waals surface area (Å²) in [4.78, 5) is 12.1. The number of ether oxygens (including phenoxy) is 2. The monoisotopic (exact) mass is 352 g/mol. The Balaban J connectivity index is 1.89. The van der Waals surface area contributed by atoms with Gasteiger partial charge < -0.3 is 19.2 Å². The molecule has 0 radical (unpaired) electrons. The van der Waals surface area contributed by atoms with Crippen LogP contribution in [0.3, 0.4) is 0 Å². The molecule has 1 N–H and O–H groups in total. The summed E-state index contributed by atoms with van der Waals surface area (Å²) < 4.78 is 15.6. The van der Waals surface area contributed by atoms with Crippen molar-refractivity contribution in [2.75, 3.05) is 20.8 Å². The van der Waals surface area contributed by atoms with Gasteiger partial charge in [0.05, 0.1) is 20.5 Å². The van der Waals surface area contributed by atoms with Gasteiger partial charge in [-0.15, -0.1) is 0 Å². The molecule has 0 fully saturated rings. The summed E-state index contributed by atoms with van der Waals surface area (Å²) in [5.41, 5.74) is 1.02. The second kappa shape index (κ2) is 9.74. The Hall–Kier alpha value is -3.46. The molecule has 0 unspecified atom stereocenters. The number of hydrogen-bond donors (Lipinski definition) is 1. The molecular weight excluding hydrogens is 332 g/mol. The largest absolute Gasteiger partial charge is 0.493 e. The predicted octanol–water partition coefficient (Wildman–Crippen LogP) is 3.12. The van der Waals surface area contributed by atoms with Gasteiger partial charge in [0.2, 0.25) is 0 Å². The van der Waals surface area contributed by atoms with Crippen LogP contribution >= 0.6 is 0 Å². The van der Waals surface area contributed by atoms with Gasteiger partial charge in [-0.25, -0.2) is 0 Å². The van der Waals surface area contributed by atoms with Gasteiger partial charge >= 0.3 is 0 Å². The number of nitrogens with one attached hydrogen (secondary N) is 1. The van der Waals surface area contributed by atoms with E-state index in [1.165, 1.54) is 6.08 Å². The number of carbonyl (C=O) groups is 1. The third-order valence-electron chi connectivity index (χ3n) is 3.58. The molecule has 0 aliphatic heterocycles. The van der Waals surface area contributed by atoms with Gasteiger partial charge in [0.1, 0.15) is 17.4 Å². The van der Waals surface area contributed by atoms with Crippen molar-refractivity contribution in [2.24, 2.45) is 0 Å². The Kier molecular flexibility index (Phi) is 7.07. The Morgan fingerprint density at radius 2 is 2.08 bits per heavy atom. The van der Waals surface area contributed by atoms with Crippen LogP contribution in [0.5, 0.6) is 11.5 Å². The van der Waals surface area contributed by atoms with Crippen molar-refractivity contribution in [3.05, 3.63) is 65.6 Å². The van der Waals surface area contributed by atoms with Crippen molar-refractivity contribution in [3.63, 3.8) is 0 Å². The first kappa shape index (κ1) is 18.9. The van der Waals surface area contributed by atoms with E-state index in [0.29, 0.717) is 30.2 Å². The molecule has 2 rings (SSSR count). The SMILES string of the molecule is COc1ccc(CCNC(=O)/C(C#N)=C/C=C\c2ccco2)cc1OC. The number of rotatable bonds is 8. The second-order valence-electron chi connectivity index (χ2n) is 5.26. The first-order chi connectivity index (χ1) is 12.7. The molecule has 0 saturated carbocycles. The summed E-state index contributed by atoms with van der Waals surface area (Å²) >= 11 is 0. The normalized spacial score (nSPS) is 11.2. The lowest BCUT2D eigenvalue weighted by Crippen LogP contribution is -2.26. The number of nitriles is 1. The summed E-state index contributed by atoms with van der Waals surface area (Å²) in [5, 5.41) is 11.9. The molecule has 0 spiro atoms. The maximum atomic E-state index is 12.1. The number of benzene rings is 1. The van der Waals surface area contributed by atoms with Gasteiger partial charge in [0.25, 0.3) is 5.91 Å². The number of hydrogen-bond acceptors (Lipinski definition) is 5. The zero-order valence-corrected chi connectivity index (χ0v) is 14.7. The Labute approximate surface area is 152 Å². The van der Waals surface area contributed by atoms with Crippen molar-refractivity contribution < 1.29 is 18.7 Å². The minimum absolute atomic E-state index is 0.0279. The van der Waals surface area contributed by atoms with Crippen LogP contribution in [0.25, 0.3) is 6.08 Å². The number of furan rings is 1. The lowest BCUT2D eigenvalue weighted by molar-refractivity contribution is -0.117. The zero-order valence-electron chi connectivity index (χ0n) is 14.7. The molecule has 1 aromatic carbocycles. The maximum absolute atomic E-state index is 12.1. The van der Waals surface area contributed by atoms with Crippen molar-refractivity contribution >= 4 is 12.0 Å². The molecule has 6 heteroatoms. The van der Waals surface area contributed by atoms with E-state index in [0.717, 1.165) is 5.56 Å². The van der Waals surface area contributed by atoms with Crippen molar-refractivity contribution in [1.29, 1.82) is 5.26 Å². The average molecular weight is 352 g/mol. The molecule has 2 aromatic rings. The van der Waals surface area contributed by atoms with E-state index in [1.54, 1.807) is 44.8 Å². The predicted molar refractivity (Wildman–Crippen MR) is 97.7 cm³/mol. The van der Waals surface area contributed by atoms with Gasteiger partial charge in [-0.2, -0.15) is 5.26 Å². The smallest absolute Gasteiger partial charge is 0.261 e. The number of nitrogens with zero attached hydrogens (tertiary/aromatic N) is 1. The minimum atomic E-state index is -0.419. The molecule has 1 heterocycles. The third-order valence-corrected chi connectivity index (χ3v) is 3.58. The number of allylic oxidation sites excluding steroid dienone is 2. The van der Waals surface area contributed by atoms with Crippen molar-refractivity contribution in [1.82, 2.24) is 5.32 Å². The molecule has 1 amide bonds. The topological polar surface area (TPSA) is 84.5 Å². The van der Waals surface area contributed by atoms with E-state index in [2.05, 4.69) is 5.32 Å². The summed E-state index contributed by atoms with van der Waals surface area (Å²) in [7, 11) is 3.15. The van der Waals surface area contributed by atoms with E-state index < -0.39 is 5.91 Å². The van der Waals surface area contributed by atoms with E-state index in [9.17, 15) is 4.79 Å². The molecule has 0 atom stereocenters. The van der Waals surface area contributed by atoms with E-state index >= 15 is 0 Å². The van der Waals surface area contributed by atoms with Crippen LogP contribution in [0, 0.1) is 11.3 Å². The van der Waals surface area contributed by atoms with Crippen LogP contribution in [0.2, 0.25) is 0 Å². The van der Waals surface area contributed by atoms with Crippen LogP contribution in [0.1, 0.15) is 11.3 Å². The van der Waals surface area contributed by atoms with Gasteiger partial charge in [0, 0.05) is 6.54 Å². The van der Waals surface area contributed by atoms with Crippen LogP contribution in [0.15, 0.2) is 58.7 Å². The Morgan fingerprint density at radius 3 is 2.73 bits per heavy atom. The van der Waals surface area contributed by atoms with Gasteiger partial charge in [-0.1, -0.05) is 12.1 Å². The highest BCUT2D eigenvalue weighted by Gasteiger charge is 2.08. The lowest BCUT2D eigenvalue weighted by atomic mass is 10.1. The summed E-state index contributed by atoms with van der Waals surface area (Å²) in [6.45, 7) is 0.398. The van der Waals surface area contributed by atoms with Gasteiger partial charge in [-0.3, -0.25) is 4.79 Å². The van der Waals surface area contributed by atoms with Crippen LogP contribution in [-0.2, 0) is 11.2 Å². The molecular formula is C20H20N2O4. The quantitative estimate of drug-likeness (QED) is 0.448.